The van der Waals surface area contributed by atoms with Crippen molar-refractivity contribution in [2.24, 2.45) is 17.6 Å². The third-order valence-corrected chi connectivity index (χ3v) is 3.59. The number of rotatable bonds is 2. The largest absolute Gasteiger partial charge is 0.327 e. The van der Waals surface area contributed by atoms with Crippen molar-refractivity contribution in [1.29, 1.82) is 0 Å². The van der Waals surface area contributed by atoms with Gasteiger partial charge >= 0.3 is 0 Å². The molecule has 2 atom stereocenters. The molecule has 2 saturated carbocycles. The molecule has 2 aliphatic rings. The molecule has 0 amide bonds. The first kappa shape index (κ1) is 7.60. The first-order chi connectivity index (χ1) is 5.36. The fraction of sp³-hybridized carbons (Fsp3) is 1.00. The van der Waals surface area contributed by atoms with Crippen LogP contribution in [0.2, 0.25) is 0 Å². The van der Waals surface area contributed by atoms with E-state index in [0.29, 0.717) is 6.04 Å². The second-order valence-electron chi connectivity index (χ2n) is 4.39. The topological polar surface area (TPSA) is 26.0 Å². The van der Waals surface area contributed by atoms with Crippen LogP contribution in [0.25, 0.3) is 0 Å². The van der Waals surface area contributed by atoms with E-state index in [4.69, 9.17) is 5.73 Å². The van der Waals surface area contributed by atoms with Crippen molar-refractivity contribution in [2.45, 2.75) is 51.0 Å². The SMILES string of the molecule is NC1CCC1CC1CCCC1. The maximum Gasteiger partial charge on any atom is 0.00673 e. The molecule has 64 valence electrons. The van der Waals surface area contributed by atoms with Crippen LogP contribution < -0.4 is 5.73 Å². The summed E-state index contributed by atoms with van der Waals surface area (Å²) in [5, 5.41) is 0. The average molecular weight is 153 g/mol. The molecule has 0 heterocycles. The van der Waals surface area contributed by atoms with E-state index < -0.39 is 0 Å². The van der Waals surface area contributed by atoms with E-state index in [2.05, 4.69) is 0 Å². The van der Waals surface area contributed by atoms with Crippen molar-refractivity contribution in [3.05, 3.63) is 0 Å². The number of nitrogens with two attached hydrogens (primary N) is 1. The molecule has 0 aromatic carbocycles. The highest BCUT2D eigenvalue weighted by atomic mass is 14.7. The van der Waals surface area contributed by atoms with Gasteiger partial charge in [0, 0.05) is 6.04 Å². The second kappa shape index (κ2) is 3.14. The molecular formula is C10H19N. The lowest BCUT2D eigenvalue weighted by molar-refractivity contribution is 0.207. The Morgan fingerprint density at radius 2 is 1.73 bits per heavy atom. The molecule has 0 aromatic heterocycles. The molecule has 1 nitrogen and oxygen atoms in total. The standard InChI is InChI=1S/C10H19N/c11-10-6-5-9(10)7-8-3-1-2-4-8/h8-10H,1-7,11H2. The lowest BCUT2D eigenvalue weighted by Gasteiger charge is -2.35. The molecule has 0 radical (unpaired) electrons. The van der Waals surface area contributed by atoms with Gasteiger partial charge in [-0.25, -0.2) is 0 Å². The number of hydrogen-bond acceptors (Lipinski definition) is 1. The van der Waals surface area contributed by atoms with Crippen LogP contribution in [0.3, 0.4) is 0 Å². The predicted molar refractivity (Wildman–Crippen MR) is 47.3 cm³/mol. The van der Waals surface area contributed by atoms with Gasteiger partial charge in [0.25, 0.3) is 0 Å². The van der Waals surface area contributed by atoms with E-state index >= 15 is 0 Å². The quantitative estimate of drug-likeness (QED) is 0.647. The Morgan fingerprint density at radius 3 is 2.18 bits per heavy atom. The highest BCUT2D eigenvalue weighted by molar-refractivity contribution is 4.86. The van der Waals surface area contributed by atoms with Crippen LogP contribution in [0.15, 0.2) is 0 Å². The fourth-order valence-electron chi connectivity index (χ4n) is 2.56. The Labute approximate surface area is 69.4 Å². The van der Waals surface area contributed by atoms with Gasteiger partial charge in [0.2, 0.25) is 0 Å². The molecule has 2 N–H and O–H groups in total. The monoisotopic (exact) mass is 153 g/mol. The molecule has 0 aliphatic heterocycles. The minimum absolute atomic E-state index is 0.565. The maximum absolute atomic E-state index is 5.90. The Hall–Kier alpha value is -0.0400. The van der Waals surface area contributed by atoms with Crippen molar-refractivity contribution in [1.82, 2.24) is 0 Å². The minimum Gasteiger partial charge on any atom is -0.327 e. The van der Waals surface area contributed by atoms with Gasteiger partial charge in [-0.15, -0.1) is 0 Å². The van der Waals surface area contributed by atoms with Gasteiger partial charge in [-0.1, -0.05) is 25.7 Å². The third kappa shape index (κ3) is 1.58. The van der Waals surface area contributed by atoms with Crippen molar-refractivity contribution in [3.63, 3.8) is 0 Å². The minimum atomic E-state index is 0.565. The maximum atomic E-state index is 5.90. The molecule has 0 saturated heterocycles. The van der Waals surface area contributed by atoms with Gasteiger partial charge in [-0.05, 0) is 31.1 Å². The Kier molecular flexibility index (Phi) is 2.17. The first-order valence-corrected chi connectivity index (χ1v) is 5.12. The van der Waals surface area contributed by atoms with Crippen molar-refractivity contribution in [2.75, 3.05) is 0 Å². The first-order valence-electron chi connectivity index (χ1n) is 5.12. The molecule has 0 bridgehead atoms. The van der Waals surface area contributed by atoms with Gasteiger partial charge in [0.15, 0.2) is 0 Å². The van der Waals surface area contributed by atoms with Gasteiger partial charge in [0.1, 0.15) is 0 Å². The molecular weight excluding hydrogens is 134 g/mol. The van der Waals surface area contributed by atoms with Crippen LogP contribution in [0.5, 0.6) is 0 Å². The van der Waals surface area contributed by atoms with Gasteiger partial charge in [-0.2, -0.15) is 0 Å². The fourth-order valence-corrected chi connectivity index (χ4v) is 2.56. The predicted octanol–water partition coefficient (Wildman–Crippen LogP) is 2.30. The summed E-state index contributed by atoms with van der Waals surface area (Å²) in [7, 11) is 0. The zero-order valence-electron chi connectivity index (χ0n) is 7.26. The van der Waals surface area contributed by atoms with E-state index in [9.17, 15) is 0 Å². The normalized spacial score (nSPS) is 39.0. The Balaban J connectivity index is 1.72. The molecule has 0 spiro atoms. The summed E-state index contributed by atoms with van der Waals surface area (Å²) in [6, 6.07) is 0.565. The lowest BCUT2D eigenvalue weighted by atomic mass is 9.74. The van der Waals surface area contributed by atoms with Gasteiger partial charge in [0.05, 0.1) is 0 Å². The smallest absolute Gasteiger partial charge is 0.00673 e. The summed E-state index contributed by atoms with van der Waals surface area (Å²) >= 11 is 0. The highest BCUT2D eigenvalue weighted by Crippen LogP contribution is 2.37. The third-order valence-electron chi connectivity index (χ3n) is 3.59. The lowest BCUT2D eigenvalue weighted by Crippen LogP contribution is -2.40. The van der Waals surface area contributed by atoms with Crippen LogP contribution in [-0.4, -0.2) is 6.04 Å². The molecule has 2 aliphatic carbocycles. The summed E-state index contributed by atoms with van der Waals surface area (Å²) in [4.78, 5) is 0. The van der Waals surface area contributed by atoms with Gasteiger partial charge in [-0.3, -0.25) is 0 Å². The molecule has 2 rings (SSSR count). The van der Waals surface area contributed by atoms with E-state index in [1.54, 1.807) is 0 Å². The Bertz CT molecular complexity index is 127. The van der Waals surface area contributed by atoms with Crippen molar-refractivity contribution >= 4 is 0 Å². The summed E-state index contributed by atoms with van der Waals surface area (Å²) in [6.07, 6.45) is 10.1. The zero-order valence-corrected chi connectivity index (χ0v) is 7.26. The molecule has 2 unspecified atom stereocenters. The van der Waals surface area contributed by atoms with Crippen LogP contribution in [0, 0.1) is 11.8 Å². The van der Waals surface area contributed by atoms with E-state index in [1.165, 1.54) is 44.9 Å². The van der Waals surface area contributed by atoms with Crippen LogP contribution in [0.1, 0.15) is 44.9 Å². The summed E-state index contributed by atoms with van der Waals surface area (Å²) in [5.41, 5.74) is 5.90. The summed E-state index contributed by atoms with van der Waals surface area (Å²) in [6.45, 7) is 0. The molecule has 1 heteroatoms. The molecule has 11 heavy (non-hydrogen) atoms. The number of hydrogen-bond donors (Lipinski definition) is 1. The van der Waals surface area contributed by atoms with Crippen molar-refractivity contribution < 1.29 is 0 Å². The molecule has 2 fully saturated rings. The van der Waals surface area contributed by atoms with E-state index in [0.717, 1.165) is 11.8 Å². The second-order valence-corrected chi connectivity index (χ2v) is 4.39. The van der Waals surface area contributed by atoms with Crippen LogP contribution >= 0.6 is 0 Å². The average Bonchev–Trinajstić information content (AvgIpc) is 2.49. The van der Waals surface area contributed by atoms with Crippen LogP contribution in [-0.2, 0) is 0 Å². The zero-order chi connectivity index (χ0) is 7.68. The van der Waals surface area contributed by atoms with Gasteiger partial charge < -0.3 is 5.73 Å². The summed E-state index contributed by atoms with van der Waals surface area (Å²) < 4.78 is 0. The van der Waals surface area contributed by atoms with E-state index in [1.807, 2.05) is 0 Å². The van der Waals surface area contributed by atoms with Crippen molar-refractivity contribution in [3.8, 4) is 0 Å². The summed E-state index contributed by atoms with van der Waals surface area (Å²) in [5.74, 6) is 1.95. The van der Waals surface area contributed by atoms with E-state index in [-0.39, 0.29) is 0 Å². The Morgan fingerprint density at radius 1 is 1.00 bits per heavy atom. The molecule has 0 aromatic rings. The van der Waals surface area contributed by atoms with Crippen LogP contribution in [0.4, 0.5) is 0 Å². The highest BCUT2D eigenvalue weighted by Gasteiger charge is 2.30.